The summed E-state index contributed by atoms with van der Waals surface area (Å²) in [5.74, 6) is 0.544. The average Bonchev–Trinajstić information content (AvgIpc) is 2.57. The van der Waals surface area contributed by atoms with Crippen molar-refractivity contribution in [1.29, 1.82) is 0 Å². The second-order valence-electron chi connectivity index (χ2n) is 3.51. The Morgan fingerprint density at radius 1 is 1.47 bits per heavy atom. The van der Waals surface area contributed by atoms with Crippen LogP contribution in [0, 0.1) is 6.92 Å². The highest BCUT2D eigenvalue weighted by Crippen LogP contribution is 2.20. The van der Waals surface area contributed by atoms with Gasteiger partial charge in [-0.1, -0.05) is 28.1 Å². The minimum Gasteiger partial charge on any atom is -0.369 e. The number of nitrogens with zero attached hydrogens (tertiary/aromatic N) is 2. The first-order chi connectivity index (χ1) is 7.16. The van der Waals surface area contributed by atoms with Crippen LogP contribution in [0.25, 0.3) is 0 Å². The highest BCUT2D eigenvalue weighted by atomic mass is 79.9. The largest absolute Gasteiger partial charge is 0.369 e. The molecule has 0 aliphatic rings. The molecule has 4 heteroatoms. The van der Waals surface area contributed by atoms with Gasteiger partial charge in [0.2, 0.25) is 0 Å². The fourth-order valence-corrected chi connectivity index (χ4v) is 2.06. The number of imidazole rings is 1. The Hall–Kier alpha value is -1.29. The molecule has 0 bridgehead atoms. The molecule has 2 rings (SSSR count). The number of nitrogens with two attached hydrogens (primary N) is 1. The van der Waals surface area contributed by atoms with Crippen molar-refractivity contribution in [2.75, 3.05) is 5.73 Å². The number of nitrogen functional groups attached to an aromatic ring is 1. The summed E-state index contributed by atoms with van der Waals surface area (Å²) in [7, 11) is 0. The van der Waals surface area contributed by atoms with E-state index in [0.717, 1.165) is 11.0 Å². The van der Waals surface area contributed by atoms with Crippen molar-refractivity contribution in [2.24, 2.45) is 0 Å². The molecule has 1 heterocycles. The zero-order valence-electron chi connectivity index (χ0n) is 8.44. The summed E-state index contributed by atoms with van der Waals surface area (Å²) < 4.78 is 3.02. The van der Waals surface area contributed by atoms with Crippen LogP contribution in [0.4, 0.5) is 5.95 Å². The van der Waals surface area contributed by atoms with E-state index in [1.807, 2.05) is 10.8 Å². The topological polar surface area (TPSA) is 43.8 Å². The molecule has 15 heavy (non-hydrogen) atoms. The third-order valence-corrected chi connectivity index (χ3v) is 3.04. The number of aryl methyl sites for hydroxylation is 1. The molecule has 0 aliphatic heterocycles. The third-order valence-electron chi connectivity index (χ3n) is 2.30. The van der Waals surface area contributed by atoms with Gasteiger partial charge in [0.1, 0.15) is 0 Å². The second-order valence-corrected chi connectivity index (χ2v) is 4.36. The van der Waals surface area contributed by atoms with E-state index in [2.05, 4.69) is 46.0 Å². The molecule has 0 saturated carbocycles. The van der Waals surface area contributed by atoms with Crippen molar-refractivity contribution in [3.05, 3.63) is 46.2 Å². The fourth-order valence-electron chi connectivity index (χ4n) is 1.44. The average molecular weight is 266 g/mol. The van der Waals surface area contributed by atoms with Crippen LogP contribution in [0.1, 0.15) is 11.1 Å². The third kappa shape index (κ3) is 2.21. The van der Waals surface area contributed by atoms with Gasteiger partial charge in [0.05, 0.1) is 6.54 Å². The molecule has 1 aromatic carbocycles. The summed E-state index contributed by atoms with van der Waals surface area (Å²) >= 11 is 3.54. The number of hydrogen-bond acceptors (Lipinski definition) is 2. The number of hydrogen-bond donors (Lipinski definition) is 1. The first-order valence-electron chi connectivity index (χ1n) is 4.68. The van der Waals surface area contributed by atoms with Crippen LogP contribution >= 0.6 is 15.9 Å². The molecule has 2 aromatic rings. The molecule has 0 unspecified atom stereocenters. The van der Waals surface area contributed by atoms with Gasteiger partial charge in [-0.2, -0.15) is 0 Å². The smallest absolute Gasteiger partial charge is 0.200 e. The normalized spacial score (nSPS) is 10.5. The van der Waals surface area contributed by atoms with Gasteiger partial charge < -0.3 is 10.3 Å². The van der Waals surface area contributed by atoms with Gasteiger partial charge in [-0.15, -0.1) is 0 Å². The van der Waals surface area contributed by atoms with Gasteiger partial charge in [0.25, 0.3) is 0 Å². The Kier molecular flexibility index (Phi) is 2.77. The minimum absolute atomic E-state index is 0.544. The van der Waals surface area contributed by atoms with Crippen molar-refractivity contribution in [1.82, 2.24) is 9.55 Å². The van der Waals surface area contributed by atoms with Crippen molar-refractivity contribution < 1.29 is 0 Å². The summed E-state index contributed by atoms with van der Waals surface area (Å²) in [6.07, 6.45) is 3.58. The second kappa shape index (κ2) is 4.06. The Labute approximate surface area is 97.1 Å². The summed E-state index contributed by atoms with van der Waals surface area (Å²) in [5.41, 5.74) is 8.14. The number of halogens is 1. The predicted molar refractivity (Wildman–Crippen MR) is 64.6 cm³/mol. The predicted octanol–water partition coefficient (Wildman–Crippen LogP) is 2.58. The van der Waals surface area contributed by atoms with E-state index < -0.39 is 0 Å². The van der Waals surface area contributed by atoms with Crippen LogP contribution in [-0.4, -0.2) is 9.55 Å². The lowest BCUT2D eigenvalue weighted by atomic mass is 10.1. The highest BCUT2D eigenvalue weighted by molar-refractivity contribution is 9.10. The highest BCUT2D eigenvalue weighted by Gasteiger charge is 2.03. The zero-order chi connectivity index (χ0) is 10.8. The van der Waals surface area contributed by atoms with Crippen LogP contribution in [0.3, 0.4) is 0 Å². The molecule has 0 amide bonds. The number of rotatable bonds is 2. The summed E-state index contributed by atoms with van der Waals surface area (Å²) in [6.45, 7) is 2.81. The summed E-state index contributed by atoms with van der Waals surface area (Å²) in [6, 6.07) is 6.29. The molecule has 0 radical (unpaired) electrons. The van der Waals surface area contributed by atoms with Crippen molar-refractivity contribution in [2.45, 2.75) is 13.5 Å². The first-order valence-corrected chi connectivity index (χ1v) is 5.48. The lowest BCUT2D eigenvalue weighted by molar-refractivity contribution is 0.807. The maximum Gasteiger partial charge on any atom is 0.200 e. The van der Waals surface area contributed by atoms with Crippen molar-refractivity contribution in [3.63, 3.8) is 0 Å². The molecule has 0 spiro atoms. The lowest BCUT2D eigenvalue weighted by Crippen LogP contribution is -2.04. The fraction of sp³-hybridized carbons (Fsp3) is 0.182. The van der Waals surface area contributed by atoms with E-state index >= 15 is 0 Å². The Bertz CT molecular complexity index is 476. The van der Waals surface area contributed by atoms with Gasteiger partial charge >= 0.3 is 0 Å². The molecule has 2 N–H and O–H groups in total. The Morgan fingerprint density at radius 3 is 2.87 bits per heavy atom. The van der Waals surface area contributed by atoms with Crippen LogP contribution in [0.5, 0.6) is 0 Å². The maximum absolute atomic E-state index is 5.70. The van der Waals surface area contributed by atoms with Gasteiger partial charge in [0, 0.05) is 16.9 Å². The molecular formula is C11H12BrN3. The maximum atomic E-state index is 5.70. The quantitative estimate of drug-likeness (QED) is 0.907. The summed E-state index contributed by atoms with van der Waals surface area (Å²) in [4.78, 5) is 3.99. The number of aromatic nitrogens is 2. The Balaban J connectivity index is 2.29. The monoisotopic (exact) mass is 265 g/mol. The van der Waals surface area contributed by atoms with E-state index in [1.54, 1.807) is 6.20 Å². The van der Waals surface area contributed by atoms with Crippen LogP contribution < -0.4 is 5.73 Å². The molecule has 78 valence electrons. The molecule has 0 fully saturated rings. The van der Waals surface area contributed by atoms with Crippen LogP contribution in [0.2, 0.25) is 0 Å². The van der Waals surface area contributed by atoms with E-state index in [4.69, 9.17) is 5.73 Å². The summed E-state index contributed by atoms with van der Waals surface area (Å²) in [5, 5.41) is 0. The molecule has 0 atom stereocenters. The standard InChI is InChI=1S/C11H12BrN3/c1-8-2-3-9(10(12)6-8)7-15-5-4-14-11(15)13/h2-6H,7H2,1H3,(H2,13,14). The number of anilines is 1. The SMILES string of the molecule is Cc1ccc(Cn2ccnc2N)c(Br)c1. The Morgan fingerprint density at radius 2 is 2.27 bits per heavy atom. The number of benzene rings is 1. The van der Waals surface area contributed by atoms with Gasteiger partial charge in [-0.05, 0) is 24.1 Å². The van der Waals surface area contributed by atoms with Gasteiger partial charge in [-0.3, -0.25) is 0 Å². The molecule has 3 nitrogen and oxygen atoms in total. The van der Waals surface area contributed by atoms with Gasteiger partial charge in [0.15, 0.2) is 5.95 Å². The van der Waals surface area contributed by atoms with E-state index in [1.165, 1.54) is 11.1 Å². The molecule has 0 saturated heterocycles. The van der Waals surface area contributed by atoms with E-state index in [-0.39, 0.29) is 0 Å². The molecular weight excluding hydrogens is 254 g/mol. The molecule has 0 aliphatic carbocycles. The van der Waals surface area contributed by atoms with Crippen molar-refractivity contribution in [3.8, 4) is 0 Å². The van der Waals surface area contributed by atoms with E-state index in [9.17, 15) is 0 Å². The molecule has 1 aromatic heterocycles. The van der Waals surface area contributed by atoms with Crippen molar-refractivity contribution >= 4 is 21.9 Å². The first kappa shape index (κ1) is 10.2. The van der Waals surface area contributed by atoms with E-state index in [0.29, 0.717) is 5.95 Å². The van der Waals surface area contributed by atoms with Crippen LogP contribution in [0.15, 0.2) is 35.1 Å². The zero-order valence-corrected chi connectivity index (χ0v) is 10.0. The van der Waals surface area contributed by atoms with Crippen LogP contribution in [-0.2, 0) is 6.54 Å². The van der Waals surface area contributed by atoms with Gasteiger partial charge in [-0.25, -0.2) is 4.98 Å². The lowest BCUT2D eigenvalue weighted by Gasteiger charge is -2.07. The minimum atomic E-state index is 0.544.